The highest BCUT2D eigenvalue weighted by molar-refractivity contribution is 7.89. The fourth-order valence-corrected chi connectivity index (χ4v) is 3.40. The average Bonchev–Trinajstić information content (AvgIpc) is 1.99. The Balaban J connectivity index is 4.89. The van der Waals surface area contributed by atoms with Gasteiger partial charge in [0.2, 0.25) is 10.0 Å². The second kappa shape index (κ2) is 5.63. The maximum Gasteiger partial charge on any atom is 0.304 e. The third-order valence-corrected chi connectivity index (χ3v) is 4.40. The van der Waals surface area contributed by atoms with Crippen LogP contribution in [0.5, 0.6) is 0 Å². The summed E-state index contributed by atoms with van der Waals surface area (Å²) in [6.45, 7) is 7.11. The van der Waals surface area contributed by atoms with E-state index in [4.69, 9.17) is 5.11 Å². The van der Waals surface area contributed by atoms with E-state index in [2.05, 4.69) is 0 Å². The Hall–Kier alpha value is -0.620. The molecular weight excluding hydrogens is 230 g/mol. The molecule has 0 amide bonds. The van der Waals surface area contributed by atoms with E-state index in [0.29, 0.717) is 6.42 Å². The van der Waals surface area contributed by atoms with Crippen LogP contribution < -0.4 is 0 Å². The first-order valence-electron chi connectivity index (χ1n) is 5.33. The van der Waals surface area contributed by atoms with Gasteiger partial charge in [0.15, 0.2) is 0 Å². The largest absolute Gasteiger partial charge is 0.481 e. The first-order valence-corrected chi connectivity index (χ1v) is 6.94. The number of hydrogen-bond donors (Lipinski definition) is 1. The highest BCUT2D eigenvalue weighted by Crippen LogP contribution is 2.19. The fraction of sp³-hybridized carbons (Fsp3) is 0.900. The van der Waals surface area contributed by atoms with Crippen molar-refractivity contribution in [1.82, 2.24) is 4.31 Å². The van der Waals surface area contributed by atoms with Crippen LogP contribution in [0.3, 0.4) is 0 Å². The molecule has 0 saturated heterocycles. The van der Waals surface area contributed by atoms with Gasteiger partial charge >= 0.3 is 5.97 Å². The SMILES string of the molecule is CCCS(=O)(=O)N(CCC(=O)O)C(C)(C)C. The zero-order valence-corrected chi connectivity index (χ0v) is 11.2. The summed E-state index contributed by atoms with van der Waals surface area (Å²) in [7, 11) is -3.36. The lowest BCUT2D eigenvalue weighted by atomic mass is 10.1. The number of sulfonamides is 1. The monoisotopic (exact) mass is 251 g/mol. The van der Waals surface area contributed by atoms with Crippen molar-refractivity contribution in [3.63, 3.8) is 0 Å². The highest BCUT2D eigenvalue weighted by atomic mass is 32.2. The Morgan fingerprint density at radius 1 is 1.31 bits per heavy atom. The number of carboxylic acids is 1. The van der Waals surface area contributed by atoms with Gasteiger partial charge in [0.25, 0.3) is 0 Å². The molecule has 0 bridgehead atoms. The molecule has 0 spiro atoms. The summed E-state index contributed by atoms with van der Waals surface area (Å²) in [5.74, 6) is -0.926. The van der Waals surface area contributed by atoms with Gasteiger partial charge in [-0.05, 0) is 27.2 Å². The Labute approximate surface area is 97.5 Å². The Bertz CT molecular complexity index is 329. The van der Waals surface area contributed by atoms with Gasteiger partial charge in [-0.1, -0.05) is 6.92 Å². The molecule has 0 heterocycles. The van der Waals surface area contributed by atoms with Crippen LogP contribution in [0.15, 0.2) is 0 Å². The second-order valence-corrected chi connectivity index (χ2v) is 6.72. The summed E-state index contributed by atoms with van der Waals surface area (Å²) >= 11 is 0. The number of aliphatic carboxylic acids is 1. The van der Waals surface area contributed by atoms with Crippen LogP contribution in [-0.2, 0) is 14.8 Å². The van der Waals surface area contributed by atoms with Crippen LogP contribution in [0.4, 0.5) is 0 Å². The predicted octanol–water partition coefficient (Wildman–Crippen LogP) is 1.30. The minimum Gasteiger partial charge on any atom is -0.481 e. The number of rotatable bonds is 6. The zero-order chi connectivity index (χ0) is 13.0. The van der Waals surface area contributed by atoms with E-state index in [1.807, 2.05) is 0 Å². The van der Waals surface area contributed by atoms with Crippen molar-refractivity contribution in [3.8, 4) is 0 Å². The first kappa shape index (κ1) is 15.4. The molecule has 0 aromatic carbocycles. The van der Waals surface area contributed by atoms with E-state index in [9.17, 15) is 13.2 Å². The second-order valence-electron chi connectivity index (χ2n) is 4.70. The number of carbonyl (C=O) groups is 1. The van der Waals surface area contributed by atoms with E-state index in [-0.39, 0.29) is 18.7 Å². The van der Waals surface area contributed by atoms with E-state index in [1.54, 1.807) is 27.7 Å². The molecule has 0 aliphatic rings. The third-order valence-electron chi connectivity index (χ3n) is 2.07. The van der Waals surface area contributed by atoms with E-state index >= 15 is 0 Å². The van der Waals surface area contributed by atoms with Crippen molar-refractivity contribution in [2.75, 3.05) is 12.3 Å². The van der Waals surface area contributed by atoms with Gasteiger partial charge in [0.05, 0.1) is 12.2 Å². The highest BCUT2D eigenvalue weighted by Gasteiger charge is 2.31. The zero-order valence-electron chi connectivity index (χ0n) is 10.4. The van der Waals surface area contributed by atoms with Crippen molar-refractivity contribution in [3.05, 3.63) is 0 Å². The molecule has 0 saturated carbocycles. The van der Waals surface area contributed by atoms with E-state index in [1.165, 1.54) is 4.31 Å². The van der Waals surface area contributed by atoms with Gasteiger partial charge in [0, 0.05) is 12.1 Å². The van der Waals surface area contributed by atoms with Gasteiger partial charge < -0.3 is 5.11 Å². The topological polar surface area (TPSA) is 74.7 Å². The summed E-state index contributed by atoms with van der Waals surface area (Å²) in [6, 6.07) is 0. The maximum absolute atomic E-state index is 11.9. The number of carboxylic acid groups (broad SMARTS) is 1. The van der Waals surface area contributed by atoms with Crippen molar-refractivity contribution in [2.45, 2.75) is 46.1 Å². The molecule has 0 atom stereocenters. The van der Waals surface area contributed by atoms with Gasteiger partial charge in [0.1, 0.15) is 0 Å². The van der Waals surface area contributed by atoms with E-state index in [0.717, 1.165) is 0 Å². The molecule has 5 nitrogen and oxygen atoms in total. The van der Waals surface area contributed by atoms with Gasteiger partial charge in [-0.2, -0.15) is 4.31 Å². The lowest BCUT2D eigenvalue weighted by Gasteiger charge is -2.34. The van der Waals surface area contributed by atoms with Crippen LogP contribution >= 0.6 is 0 Å². The minimum absolute atomic E-state index is 0.0289. The molecule has 0 aliphatic carbocycles. The van der Waals surface area contributed by atoms with E-state index < -0.39 is 21.5 Å². The molecule has 0 radical (unpaired) electrons. The molecular formula is C10H21NO4S. The first-order chi connectivity index (χ1) is 7.11. The summed E-state index contributed by atoms with van der Waals surface area (Å²) in [6.07, 6.45) is 0.363. The standard InChI is InChI=1S/C10H21NO4S/c1-5-8-16(14,15)11(10(2,3)4)7-6-9(12)13/h5-8H2,1-4H3,(H,12,13). The van der Waals surface area contributed by atoms with Crippen molar-refractivity contribution in [2.24, 2.45) is 0 Å². The average molecular weight is 251 g/mol. The summed E-state index contributed by atoms with van der Waals surface area (Å²) in [5.41, 5.74) is -0.580. The van der Waals surface area contributed by atoms with Gasteiger partial charge in [-0.3, -0.25) is 4.79 Å². The van der Waals surface area contributed by atoms with Crippen molar-refractivity contribution >= 4 is 16.0 Å². The molecule has 0 aromatic rings. The Morgan fingerprint density at radius 2 is 1.81 bits per heavy atom. The Kier molecular flexibility index (Phi) is 5.41. The third kappa shape index (κ3) is 4.94. The molecule has 16 heavy (non-hydrogen) atoms. The van der Waals surface area contributed by atoms with Crippen molar-refractivity contribution in [1.29, 1.82) is 0 Å². The van der Waals surface area contributed by atoms with Crippen molar-refractivity contribution < 1.29 is 18.3 Å². The molecule has 0 fully saturated rings. The summed E-state index contributed by atoms with van der Waals surface area (Å²) < 4.78 is 25.1. The van der Waals surface area contributed by atoms with Gasteiger partial charge in [-0.15, -0.1) is 0 Å². The van der Waals surface area contributed by atoms with Crippen LogP contribution in [0.1, 0.15) is 40.5 Å². The number of hydrogen-bond acceptors (Lipinski definition) is 3. The van der Waals surface area contributed by atoms with Gasteiger partial charge in [-0.25, -0.2) is 8.42 Å². The number of nitrogens with zero attached hydrogens (tertiary/aromatic N) is 1. The molecule has 96 valence electrons. The molecule has 0 aromatic heterocycles. The van der Waals surface area contributed by atoms with Crippen LogP contribution in [0.25, 0.3) is 0 Å². The molecule has 0 rings (SSSR count). The Morgan fingerprint density at radius 3 is 2.12 bits per heavy atom. The lowest BCUT2D eigenvalue weighted by molar-refractivity contribution is -0.137. The summed E-state index contributed by atoms with van der Waals surface area (Å²) in [4.78, 5) is 10.5. The lowest BCUT2D eigenvalue weighted by Crippen LogP contribution is -2.47. The van der Waals surface area contributed by atoms with Crippen LogP contribution in [0.2, 0.25) is 0 Å². The molecule has 0 unspecified atom stereocenters. The molecule has 1 N–H and O–H groups in total. The minimum atomic E-state index is -3.36. The van der Waals surface area contributed by atoms with Crippen LogP contribution in [-0.4, -0.2) is 41.6 Å². The maximum atomic E-state index is 11.9. The predicted molar refractivity (Wildman–Crippen MR) is 62.8 cm³/mol. The summed E-state index contributed by atoms with van der Waals surface area (Å²) in [5, 5.41) is 8.60. The normalized spacial score (nSPS) is 13.1. The van der Waals surface area contributed by atoms with Crippen LogP contribution in [0, 0.1) is 0 Å². The smallest absolute Gasteiger partial charge is 0.304 e. The molecule has 0 aliphatic heterocycles. The molecule has 6 heteroatoms. The quantitative estimate of drug-likeness (QED) is 0.772. The fourth-order valence-electron chi connectivity index (χ4n) is 1.46.